The van der Waals surface area contributed by atoms with E-state index in [1.807, 2.05) is 37.3 Å². The number of fused-ring (bicyclic) bond motifs is 1. The van der Waals surface area contributed by atoms with Crippen LogP contribution in [0.5, 0.6) is 0 Å². The van der Waals surface area contributed by atoms with Crippen molar-refractivity contribution in [3.05, 3.63) is 71.9 Å². The van der Waals surface area contributed by atoms with Crippen LogP contribution in [0.2, 0.25) is 0 Å². The van der Waals surface area contributed by atoms with Gasteiger partial charge in [0.25, 0.3) is 10.8 Å². The summed E-state index contributed by atoms with van der Waals surface area (Å²) in [6, 6.07) is 17.6. The number of carbonyl (C=O) groups is 1. The molecule has 2 heterocycles. The van der Waals surface area contributed by atoms with Crippen molar-refractivity contribution in [2.45, 2.75) is 29.1 Å². The SMILES string of the molecule is Cc1ccc2c(S(=O)(=O)[C@@]3(C(N)=O)CC(c4ccccc4)CO3)cccc2n1. The van der Waals surface area contributed by atoms with E-state index >= 15 is 0 Å². The van der Waals surface area contributed by atoms with Gasteiger partial charge in [-0.1, -0.05) is 36.4 Å². The Balaban J connectivity index is 1.84. The topological polar surface area (TPSA) is 99.3 Å². The minimum Gasteiger partial charge on any atom is -0.366 e. The van der Waals surface area contributed by atoms with Gasteiger partial charge in [0.2, 0.25) is 9.84 Å². The van der Waals surface area contributed by atoms with Gasteiger partial charge in [0.15, 0.2) is 0 Å². The fourth-order valence-corrected chi connectivity index (χ4v) is 5.73. The molecule has 0 aliphatic carbocycles. The van der Waals surface area contributed by atoms with Crippen LogP contribution in [0.4, 0.5) is 0 Å². The molecule has 2 N–H and O–H groups in total. The molecule has 1 saturated heterocycles. The Morgan fingerprint density at radius 3 is 2.57 bits per heavy atom. The first-order chi connectivity index (χ1) is 13.3. The summed E-state index contributed by atoms with van der Waals surface area (Å²) >= 11 is 0. The average molecular weight is 396 g/mol. The molecule has 0 bridgehead atoms. The summed E-state index contributed by atoms with van der Waals surface area (Å²) in [7, 11) is -4.22. The number of primary amides is 1. The first-order valence-corrected chi connectivity index (χ1v) is 10.4. The molecular formula is C21H20N2O4S. The molecule has 0 spiro atoms. The number of hydrogen-bond donors (Lipinski definition) is 1. The lowest BCUT2D eigenvalue weighted by molar-refractivity contribution is -0.129. The van der Waals surface area contributed by atoms with Crippen LogP contribution < -0.4 is 5.73 Å². The van der Waals surface area contributed by atoms with Gasteiger partial charge in [0.1, 0.15) is 0 Å². The maximum absolute atomic E-state index is 13.6. The summed E-state index contributed by atoms with van der Waals surface area (Å²) in [5, 5.41) is 0.445. The van der Waals surface area contributed by atoms with E-state index in [0.717, 1.165) is 11.3 Å². The number of aryl methyl sites for hydroxylation is 1. The fourth-order valence-electron chi connectivity index (χ4n) is 3.75. The third-order valence-electron chi connectivity index (χ3n) is 5.23. The van der Waals surface area contributed by atoms with Gasteiger partial charge in [0, 0.05) is 23.4 Å². The Morgan fingerprint density at radius 1 is 1.11 bits per heavy atom. The van der Waals surface area contributed by atoms with Crippen LogP contribution in [0.25, 0.3) is 10.9 Å². The highest BCUT2D eigenvalue weighted by Crippen LogP contribution is 2.43. The van der Waals surface area contributed by atoms with Crippen LogP contribution in [0.15, 0.2) is 65.6 Å². The highest BCUT2D eigenvalue weighted by atomic mass is 32.2. The van der Waals surface area contributed by atoms with E-state index in [1.165, 1.54) is 6.07 Å². The largest absolute Gasteiger partial charge is 0.366 e. The van der Waals surface area contributed by atoms with Gasteiger partial charge >= 0.3 is 0 Å². The zero-order valence-electron chi connectivity index (χ0n) is 15.3. The van der Waals surface area contributed by atoms with Crippen molar-refractivity contribution in [1.82, 2.24) is 4.98 Å². The highest BCUT2D eigenvalue weighted by molar-refractivity contribution is 7.93. The van der Waals surface area contributed by atoms with Crippen LogP contribution in [-0.4, -0.2) is 30.8 Å². The summed E-state index contributed by atoms with van der Waals surface area (Å²) in [5.74, 6) is -1.23. The molecular weight excluding hydrogens is 376 g/mol. The van der Waals surface area contributed by atoms with Gasteiger partial charge in [-0.25, -0.2) is 8.42 Å². The molecule has 144 valence electrons. The van der Waals surface area contributed by atoms with E-state index in [1.54, 1.807) is 24.3 Å². The van der Waals surface area contributed by atoms with Crippen molar-refractivity contribution in [3.8, 4) is 0 Å². The molecule has 28 heavy (non-hydrogen) atoms. The molecule has 1 amide bonds. The van der Waals surface area contributed by atoms with Crippen LogP contribution in [0, 0.1) is 6.92 Å². The molecule has 2 aromatic carbocycles. The number of aromatic nitrogens is 1. The predicted octanol–water partition coefficient (Wildman–Crippen LogP) is 2.70. The Kier molecular flexibility index (Phi) is 4.44. The van der Waals surface area contributed by atoms with Gasteiger partial charge in [-0.15, -0.1) is 0 Å². The summed E-state index contributed by atoms with van der Waals surface area (Å²) < 4.78 is 32.9. The second kappa shape index (κ2) is 6.68. The number of hydrogen-bond acceptors (Lipinski definition) is 5. The summed E-state index contributed by atoms with van der Waals surface area (Å²) in [5.41, 5.74) is 7.83. The second-order valence-electron chi connectivity index (χ2n) is 7.02. The maximum Gasteiger partial charge on any atom is 0.266 e. The Hall–Kier alpha value is -2.77. The lowest BCUT2D eigenvalue weighted by atomic mass is 9.96. The van der Waals surface area contributed by atoms with Crippen molar-refractivity contribution < 1.29 is 17.9 Å². The van der Waals surface area contributed by atoms with E-state index in [9.17, 15) is 13.2 Å². The summed E-state index contributed by atoms with van der Waals surface area (Å²) in [6.45, 7) is 1.93. The molecule has 2 atom stereocenters. The Bertz CT molecular complexity index is 1160. The molecule has 1 aliphatic heterocycles. The van der Waals surface area contributed by atoms with Crippen molar-refractivity contribution in [1.29, 1.82) is 0 Å². The lowest BCUT2D eigenvalue weighted by Gasteiger charge is -2.25. The number of sulfone groups is 1. The average Bonchev–Trinajstić information content (AvgIpc) is 3.15. The molecule has 1 aromatic heterocycles. The third-order valence-corrected chi connectivity index (χ3v) is 7.52. The fraction of sp³-hybridized carbons (Fsp3) is 0.238. The van der Waals surface area contributed by atoms with Crippen molar-refractivity contribution in [2.75, 3.05) is 6.61 Å². The molecule has 1 unspecified atom stereocenters. The lowest BCUT2D eigenvalue weighted by Crippen LogP contribution is -2.50. The molecule has 4 rings (SSSR count). The standard InChI is InChI=1S/C21H20N2O4S/c1-14-10-11-17-18(23-14)8-5-9-19(17)28(25,26)21(20(22)24)12-16(13-27-21)15-6-3-2-4-7-15/h2-11,16H,12-13H2,1H3,(H2,22,24)/t16?,21-/m1/s1. The number of benzene rings is 2. The van der Waals surface area contributed by atoms with E-state index in [0.29, 0.717) is 10.9 Å². The van der Waals surface area contributed by atoms with Gasteiger partial charge < -0.3 is 10.5 Å². The minimum atomic E-state index is -4.22. The molecule has 3 aromatic rings. The van der Waals surface area contributed by atoms with Crippen LogP contribution >= 0.6 is 0 Å². The molecule has 7 heteroatoms. The normalized spacial score (nSPS) is 22.4. The Morgan fingerprint density at radius 2 is 1.86 bits per heavy atom. The van der Waals surface area contributed by atoms with Crippen molar-refractivity contribution >= 4 is 26.6 Å². The molecule has 1 fully saturated rings. The number of ether oxygens (including phenoxy) is 1. The van der Waals surface area contributed by atoms with Gasteiger partial charge in [-0.2, -0.15) is 0 Å². The number of amides is 1. The summed E-state index contributed by atoms with van der Waals surface area (Å²) in [4.78, 5) is 14.7. The number of nitrogens with zero attached hydrogens (tertiary/aromatic N) is 1. The van der Waals surface area contributed by atoms with Crippen LogP contribution in [0.3, 0.4) is 0 Å². The molecule has 0 radical (unpaired) electrons. The Labute approximate surface area is 163 Å². The van der Waals surface area contributed by atoms with E-state index < -0.39 is 20.7 Å². The highest BCUT2D eigenvalue weighted by Gasteiger charge is 2.57. The first kappa shape index (κ1) is 18.6. The van der Waals surface area contributed by atoms with Gasteiger partial charge in [-0.3, -0.25) is 9.78 Å². The number of nitrogens with two attached hydrogens (primary N) is 1. The van der Waals surface area contributed by atoms with E-state index in [-0.39, 0.29) is 23.8 Å². The third kappa shape index (κ3) is 2.78. The smallest absolute Gasteiger partial charge is 0.266 e. The number of carbonyl (C=O) groups excluding carboxylic acids is 1. The van der Waals surface area contributed by atoms with Crippen molar-refractivity contribution in [2.24, 2.45) is 5.73 Å². The number of rotatable bonds is 4. The maximum atomic E-state index is 13.6. The predicted molar refractivity (Wildman–Crippen MR) is 105 cm³/mol. The minimum absolute atomic E-state index is 0.00464. The van der Waals surface area contributed by atoms with Crippen molar-refractivity contribution in [3.63, 3.8) is 0 Å². The van der Waals surface area contributed by atoms with Crippen LogP contribution in [0.1, 0.15) is 23.6 Å². The summed E-state index contributed by atoms with van der Waals surface area (Å²) in [6.07, 6.45) is -0.0235. The van der Waals surface area contributed by atoms with E-state index in [2.05, 4.69) is 4.98 Å². The molecule has 0 saturated carbocycles. The van der Waals surface area contributed by atoms with Gasteiger partial charge in [-0.05, 0) is 36.8 Å². The molecule has 6 nitrogen and oxygen atoms in total. The zero-order chi connectivity index (χ0) is 19.9. The number of pyridine rings is 1. The zero-order valence-corrected chi connectivity index (χ0v) is 16.1. The first-order valence-electron chi connectivity index (χ1n) is 8.95. The quantitative estimate of drug-likeness (QED) is 0.731. The monoisotopic (exact) mass is 396 g/mol. The molecule has 1 aliphatic rings. The van der Waals surface area contributed by atoms with Crippen LogP contribution in [-0.2, 0) is 19.4 Å². The second-order valence-corrected chi connectivity index (χ2v) is 9.12. The van der Waals surface area contributed by atoms with Gasteiger partial charge in [0.05, 0.1) is 17.0 Å². The van der Waals surface area contributed by atoms with E-state index in [4.69, 9.17) is 10.5 Å².